The molecule has 0 bridgehead atoms. The number of nitriles is 1. The zero-order chi connectivity index (χ0) is 17.4. The number of fused-ring (bicyclic) bond motifs is 2. The maximum Gasteiger partial charge on any atom is 0.142 e. The number of hydrogen-bond acceptors (Lipinski definition) is 3. The molecular weight excluding hydrogens is 341 g/mol. The third-order valence-corrected chi connectivity index (χ3v) is 4.66. The Bertz CT molecular complexity index is 992. The molecule has 2 heterocycles. The van der Waals surface area contributed by atoms with Crippen LogP contribution >= 0.6 is 11.6 Å². The van der Waals surface area contributed by atoms with Crippen molar-refractivity contribution in [1.82, 2.24) is 9.47 Å². The predicted octanol–water partition coefficient (Wildman–Crippen LogP) is 4.14. The van der Waals surface area contributed by atoms with E-state index >= 15 is 0 Å². The van der Waals surface area contributed by atoms with Crippen molar-refractivity contribution in [2.75, 3.05) is 19.7 Å². The molecule has 0 radical (unpaired) electrons. The van der Waals surface area contributed by atoms with Crippen LogP contribution in [0.15, 0.2) is 42.6 Å². The van der Waals surface area contributed by atoms with Crippen LogP contribution in [0, 0.1) is 17.1 Å². The van der Waals surface area contributed by atoms with E-state index in [9.17, 15) is 4.39 Å². The topological polar surface area (TPSA) is 41.2 Å². The number of halogens is 2. The van der Waals surface area contributed by atoms with Gasteiger partial charge in [0.2, 0.25) is 0 Å². The summed E-state index contributed by atoms with van der Waals surface area (Å²) in [6, 6.07) is 12.6. The Morgan fingerprint density at radius 1 is 1.24 bits per heavy atom. The standard InChI is InChI=1S/C19H15ClFN3O/c20-17-11-16(24-5-3-13-9-15(21)1-2-18(13)24)10-14-12-23(6-4-22)7-8-25-19(14)17/h1-3,5,9-11H,6-8,12H2. The first-order chi connectivity index (χ1) is 12.2. The van der Waals surface area contributed by atoms with Gasteiger partial charge in [-0.1, -0.05) is 11.6 Å². The van der Waals surface area contributed by atoms with Crippen LogP contribution in [0.1, 0.15) is 5.56 Å². The summed E-state index contributed by atoms with van der Waals surface area (Å²) in [6.07, 6.45) is 1.90. The number of nitrogens with zero attached hydrogens (tertiary/aromatic N) is 3. The first kappa shape index (κ1) is 15.9. The quantitative estimate of drug-likeness (QED) is 0.649. The highest BCUT2D eigenvalue weighted by Crippen LogP contribution is 2.35. The van der Waals surface area contributed by atoms with E-state index < -0.39 is 0 Å². The molecule has 126 valence electrons. The maximum atomic E-state index is 13.4. The van der Waals surface area contributed by atoms with Crippen molar-refractivity contribution >= 4 is 22.5 Å². The van der Waals surface area contributed by atoms with Crippen LogP contribution in [0.3, 0.4) is 0 Å². The summed E-state index contributed by atoms with van der Waals surface area (Å²) in [5.74, 6) is 0.416. The van der Waals surface area contributed by atoms with Crippen LogP contribution in [0.2, 0.25) is 5.02 Å². The molecule has 0 spiro atoms. The van der Waals surface area contributed by atoms with E-state index in [0.29, 0.717) is 37.0 Å². The van der Waals surface area contributed by atoms with Gasteiger partial charge >= 0.3 is 0 Å². The van der Waals surface area contributed by atoms with Gasteiger partial charge < -0.3 is 9.30 Å². The van der Waals surface area contributed by atoms with Crippen LogP contribution in [-0.4, -0.2) is 29.2 Å². The summed E-state index contributed by atoms with van der Waals surface area (Å²) in [5.41, 5.74) is 2.73. The summed E-state index contributed by atoms with van der Waals surface area (Å²) < 4.78 is 21.2. The monoisotopic (exact) mass is 355 g/mol. The normalized spacial score (nSPS) is 14.6. The molecule has 0 aliphatic carbocycles. The fourth-order valence-electron chi connectivity index (χ4n) is 3.22. The van der Waals surface area contributed by atoms with Crippen LogP contribution < -0.4 is 4.74 Å². The zero-order valence-corrected chi connectivity index (χ0v) is 14.1. The Labute approximate surface area is 149 Å². The maximum absolute atomic E-state index is 13.4. The predicted molar refractivity (Wildman–Crippen MR) is 94.6 cm³/mol. The molecule has 1 aliphatic heterocycles. The molecule has 2 aromatic carbocycles. The fourth-order valence-corrected chi connectivity index (χ4v) is 3.51. The Morgan fingerprint density at radius 3 is 2.96 bits per heavy atom. The second kappa shape index (κ2) is 6.40. The van der Waals surface area contributed by atoms with E-state index in [2.05, 4.69) is 6.07 Å². The summed E-state index contributed by atoms with van der Waals surface area (Å²) in [7, 11) is 0. The van der Waals surface area contributed by atoms with E-state index in [1.165, 1.54) is 12.1 Å². The lowest BCUT2D eigenvalue weighted by molar-refractivity contribution is 0.244. The zero-order valence-electron chi connectivity index (χ0n) is 13.4. The number of ether oxygens (including phenoxy) is 1. The molecule has 1 aromatic heterocycles. The molecule has 4 rings (SSSR count). The third kappa shape index (κ3) is 2.95. The van der Waals surface area contributed by atoms with Gasteiger partial charge in [-0.25, -0.2) is 4.39 Å². The number of benzene rings is 2. The van der Waals surface area contributed by atoms with Crippen LogP contribution in [0.4, 0.5) is 4.39 Å². The Hall–Kier alpha value is -2.55. The van der Waals surface area contributed by atoms with Crippen molar-refractivity contribution in [3.8, 4) is 17.5 Å². The Balaban J connectivity index is 1.81. The average Bonchev–Trinajstić information content (AvgIpc) is 2.88. The van der Waals surface area contributed by atoms with Gasteiger partial charge in [-0.15, -0.1) is 0 Å². The molecule has 1 aliphatic rings. The van der Waals surface area contributed by atoms with E-state index in [-0.39, 0.29) is 5.82 Å². The summed E-state index contributed by atoms with van der Waals surface area (Å²) in [6.45, 7) is 2.12. The van der Waals surface area contributed by atoms with Crippen LogP contribution in [0.25, 0.3) is 16.6 Å². The minimum Gasteiger partial charge on any atom is -0.490 e. The molecule has 0 saturated heterocycles. The van der Waals surface area contributed by atoms with Crippen molar-refractivity contribution in [3.05, 3.63) is 59.0 Å². The number of rotatable bonds is 2. The van der Waals surface area contributed by atoms with Crippen molar-refractivity contribution in [3.63, 3.8) is 0 Å². The van der Waals surface area contributed by atoms with Gasteiger partial charge in [0.25, 0.3) is 0 Å². The number of hydrogen-bond donors (Lipinski definition) is 0. The van der Waals surface area contributed by atoms with Gasteiger partial charge in [0.05, 0.1) is 23.2 Å². The summed E-state index contributed by atoms with van der Waals surface area (Å²) in [5, 5.41) is 10.3. The SMILES string of the molecule is N#CCN1CCOc2c(Cl)cc(-n3ccc4cc(F)ccc43)cc2C1. The first-order valence-corrected chi connectivity index (χ1v) is 8.35. The lowest BCUT2D eigenvalue weighted by Gasteiger charge is -2.16. The second-order valence-corrected chi connectivity index (χ2v) is 6.43. The second-order valence-electron chi connectivity index (χ2n) is 6.02. The van der Waals surface area contributed by atoms with Gasteiger partial charge in [-0.2, -0.15) is 5.26 Å². The van der Waals surface area contributed by atoms with Crippen molar-refractivity contribution in [2.24, 2.45) is 0 Å². The molecule has 0 N–H and O–H groups in total. The molecule has 0 fully saturated rings. The minimum absolute atomic E-state index is 0.259. The van der Waals surface area contributed by atoms with Crippen molar-refractivity contribution in [2.45, 2.75) is 6.54 Å². The van der Waals surface area contributed by atoms with Gasteiger partial charge in [-0.3, -0.25) is 4.90 Å². The van der Waals surface area contributed by atoms with E-state index in [1.807, 2.05) is 33.9 Å². The highest BCUT2D eigenvalue weighted by Gasteiger charge is 2.19. The van der Waals surface area contributed by atoms with Gasteiger partial charge in [0.1, 0.15) is 18.2 Å². The van der Waals surface area contributed by atoms with E-state index in [0.717, 1.165) is 22.2 Å². The molecule has 6 heteroatoms. The molecule has 0 atom stereocenters. The lowest BCUT2D eigenvalue weighted by Crippen LogP contribution is -2.25. The molecule has 0 amide bonds. The highest BCUT2D eigenvalue weighted by atomic mass is 35.5. The Morgan fingerprint density at radius 2 is 2.12 bits per heavy atom. The number of aromatic nitrogens is 1. The van der Waals surface area contributed by atoms with Gasteiger partial charge in [0, 0.05) is 35.9 Å². The molecule has 0 saturated carbocycles. The average molecular weight is 356 g/mol. The first-order valence-electron chi connectivity index (χ1n) is 7.97. The highest BCUT2D eigenvalue weighted by molar-refractivity contribution is 6.32. The smallest absolute Gasteiger partial charge is 0.142 e. The molecule has 3 aromatic rings. The minimum atomic E-state index is -0.259. The largest absolute Gasteiger partial charge is 0.490 e. The summed E-state index contributed by atoms with van der Waals surface area (Å²) >= 11 is 6.46. The lowest BCUT2D eigenvalue weighted by atomic mass is 10.1. The summed E-state index contributed by atoms with van der Waals surface area (Å²) in [4.78, 5) is 2.02. The van der Waals surface area contributed by atoms with Crippen LogP contribution in [0.5, 0.6) is 5.75 Å². The third-order valence-electron chi connectivity index (χ3n) is 4.38. The van der Waals surface area contributed by atoms with Crippen molar-refractivity contribution in [1.29, 1.82) is 5.26 Å². The van der Waals surface area contributed by atoms with E-state index in [1.54, 1.807) is 6.07 Å². The van der Waals surface area contributed by atoms with Crippen LogP contribution in [-0.2, 0) is 6.54 Å². The van der Waals surface area contributed by atoms with Crippen molar-refractivity contribution < 1.29 is 9.13 Å². The molecule has 0 unspecified atom stereocenters. The fraction of sp³-hybridized carbons (Fsp3) is 0.211. The molecular formula is C19H15ClFN3O. The van der Waals surface area contributed by atoms with E-state index in [4.69, 9.17) is 21.6 Å². The molecule has 25 heavy (non-hydrogen) atoms. The Kier molecular flexibility index (Phi) is 4.08. The van der Waals surface area contributed by atoms with Gasteiger partial charge in [-0.05, 0) is 36.4 Å². The molecule has 4 nitrogen and oxygen atoms in total. The van der Waals surface area contributed by atoms with Gasteiger partial charge in [0.15, 0.2) is 0 Å².